The average Bonchev–Trinajstić information content (AvgIpc) is 2.87. The van der Waals surface area contributed by atoms with E-state index >= 15 is 0 Å². The summed E-state index contributed by atoms with van der Waals surface area (Å²) in [6, 6.07) is 2.51. The lowest BCUT2D eigenvalue weighted by atomic mass is 10.1. The molecule has 2 N–H and O–H groups in total. The highest BCUT2D eigenvalue weighted by molar-refractivity contribution is 7.12. The van der Waals surface area contributed by atoms with Crippen LogP contribution in [0.3, 0.4) is 0 Å². The summed E-state index contributed by atoms with van der Waals surface area (Å²) in [6.45, 7) is 8.46. The van der Waals surface area contributed by atoms with Crippen LogP contribution in [0.4, 0.5) is 0 Å². The Hall–Kier alpha value is -1.20. The van der Waals surface area contributed by atoms with Crippen molar-refractivity contribution in [3.8, 4) is 0 Å². The van der Waals surface area contributed by atoms with Gasteiger partial charge in [-0.25, -0.2) is 9.67 Å². The summed E-state index contributed by atoms with van der Waals surface area (Å²) in [4.78, 5) is 6.87. The van der Waals surface area contributed by atoms with Crippen molar-refractivity contribution in [3.63, 3.8) is 0 Å². The number of nitrogens with two attached hydrogens (primary N) is 1. The van der Waals surface area contributed by atoms with Crippen molar-refractivity contribution in [3.05, 3.63) is 33.5 Å². The predicted molar refractivity (Wildman–Crippen MR) is 74.8 cm³/mol. The van der Waals surface area contributed by atoms with Gasteiger partial charge in [-0.05, 0) is 39.3 Å². The van der Waals surface area contributed by atoms with Gasteiger partial charge in [0.15, 0.2) is 0 Å². The molecule has 0 saturated carbocycles. The molecule has 2 rings (SSSR count). The largest absolute Gasteiger partial charge is 0.323 e. The molecule has 1 unspecified atom stereocenters. The fourth-order valence-corrected chi connectivity index (χ4v) is 2.98. The molecule has 98 valence electrons. The molecule has 18 heavy (non-hydrogen) atoms. The molecular weight excluding hydrogens is 244 g/mol. The van der Waals surface area contributed by atoms with E-state index in [1.807, 2.05) is 4.68 Å². The van der Waals surface area contributed by atoms with Crippen molar-refractivity contribution in [2.45, 2.75) is 46.2 Å². The molecule has 0 spiro atoms. The van der Waals surface area contributed by atoms with Gasteiger partial charge in [0.1, 0.15) is 12.2 Å². The fourth-order valence-electron chi connectivity index (χ4n) is 1.93. The maximum absolute atomic E-state index is 6.27. The van der Waals surface area contributed by atoms with Gasteiger partial charge in [-0.15, -0.1) is 11.3 Å². The van der Waals surface area contributed by atoms with Crippen LogP contribution >= 0.6 is 11.3 Å². The Kier molecular flexibility index (Phi) is 3.82. The zero-order chi connectivity index (χ0) is 13.3. The molecule has 0 aromatic carbocycles. The molecule has 0 aliphatic rings. The van der Waals surface area contributed by atoms with Gasteiger partial charge in [0.2, 0.25) is 0 Å². The standard InChI is InChI=1S/C13H20N4S/c1-8(2)17-13(15-7-16-17)6-11(14)12-5-9(3)10(4)18-12/h5,7-8,11H,6,14H2,1-4H3. The number of nitrogens with zero attached hydrogens (tertiary/aromatic N) is 3. The van der Waals surface area contributed by atoms with E-state index in [4.69, 9.17) is 5.73 Å². The summed E-state index contributed by atoms with van der Waals surface area (Å²) in [5.74, 6) is 0.959. The Labute approximate surface area is 112 Å². The maximum atomic E-state index is 6.27. The predicted octanol–water partition coefficient (Wildman–Crippen LogP) is 2.78. The normalized spacial score (nSPS) is 13.2. The smallest absolute Gasteiger partial charge is 0.138 e. The zero-order valence-corrected chi connectivity index (χ0v) is 12.2. The highest BCUT2D eigenvalue weighted by Crippen LogP contribution is 2.27. The van der Waals surface area contributed by atoms with E-state index in [1.54, 1.807) is 17.7 Å². The molecule has 0 radical (unpaired) electrons. The molecule has 0 aliphatic carbocycles. The third-order valence-electron chi connectivity index (χ3n) is 3.09. The van der Waals surface area contributed by atoms with Gasteiger partial charge in [-0.3, -0.25) is 0 Å². The molecule has 0 fully saturated rings. The Morgan fingerprint density at radius 2 is 2.11 bits per heavy atom. The van der Waals surface area contributed by atoms with E-state index in [2.05, 4.69) is 43.8 Å². The molecule has 0 saturated heterocycles. The van der Waals surface area contributed by atoms with Gasteiger partial charge in [-0.1, -0.05) is 0 Å². The van der Waals surface area contributed by atoms with Crippen molar-refractivity contribution >= 4 is 11.3 Å². The molecule has 5 heteroatoms. The van der Waals surface area contributed by atoms with Crippen LogP contribution in [0, 0.1) is 13.8 Å². The third-order valence-corrected chi connectivity index (χ3v) is 4.37. The number of thiophene rings is 1. The maximum Gasteiger partial charge on any atom is 0.138 e. The Balaban J connectivity index is 2.16. The number of rotatable bonds is 4. The molecule has 0 amide bonds. The first-order valence-corrected chi connectivity index (χ1v) is 7.01. The Bertz CT molecular complexity index is 507. The Morgan fingerprint density at radius 3 is 2.67 bits per heavy atom. The van der Waals surface area contributed by atoms with Gasteiger partial charge < -0.3 is 5.73 Å². The summed E-state index contributed by atoms with van der Waals surface area (Å²) >= 11 is 1.78. The van der Waals surface area contributed by atoms with Crippen molar-refractivity contribution in [1.29, 1.82) is 0 Å². The summed E-state index contributed by atoms with van der Waals surface area (Å²) < 4.78 is 1.94. The minimum atomic E-state index is 0.00380. The molecule has 4 nitrogen and oxygen atoms in total. The lowest BCUT2D eigenvalue weighted by molar-refractivity contribution is 0.494. The van der Waals surface area contributed by atoms with Gasteiger partial charge in [0.25, 0.3) is 0 Å². The van der Waals surface area contributed by atoms with Crippen LogP contribution in [0.2, 0.25) is 0 Å². The van der Waals surface area contributed by atoms with Gasteiger partial charge in [0.05, 0.1) is 0 Å². The summed E-state index contributed by atoms with van der Waals surface area (Å²) in [6.07, 6.45) is 2.34. The summed E-state index contributed by atoms with van der Waals surface area (Å²) in [5, 5.41) is 4.24. The van der Waals surface area contributed by atoms with Crippen LogP contribution in [0.1, 0.15) is 47.1 Å². The van der Waals surface area contributed by atoms with E-state index < -0.39 is 0 Å². The van der Waals surface area contributed by atoms with Crippen molar-refractivity contribution in [1.82, 2.24) is 14.8 Å². The topological polar surface area (TPSA) is 56.7 Å². The van der Waals surface area contributed by atoms with E-state index in [1.165, 1.54) is 15.3 Å². The van der Waals surface area contributed by atoms with E-state index in [-0.39, 0.29) is 6.04 Å². The highest BCUT2D eigenvalue weighted by atomic mass is 32.1. The molecule has 0 aliphatic heterocycles. The van der Waals surface area contributed by atoms with Crippen LogP contribution in [0.5, 0.6) is 0 Å². The van der Waals surface area contributed by atoms with Gasteiger partial charge >= 0.3 is 0 Å². The summed E-state index contributed by atoms with van der Waals surface area (Å²) in [7, 11) is 0. The molecular formula is C13H20N4S. The van der Waals surface area contributed by atoms with Crippen molar-refractivity contribution in [2.24, 2.45) is 5.73 Å². The van der Waals surface area contributed by atoms with Gasteiger partial charge in [0, 0.05) is 28.3 Å². The van der Waals surface area contributed by atoms with Crippen LogP contribution < -0.4 is 5.73 Å². The minimum absolute atomic E-state index is 0.00380. The lowest BCUT2D eigenvalue weighted by Crippen LogP contribution is -2.17. The number of aryl methyl sites for hydroxylation is 2. The van der Waals surface area contributed by atoms with Crippen LogP contribution in [-0.2, 0) is 6.42 Å². The third kappa shape index (κ3) is 2.62. The minimum Gasteiger partial charge on any atom is -0.323 e. The fraction of sp³-hybridized carbons (Fsp3) is 0.538. The first-order valence-electron chi connectivity index (χ1n) is 6.20. The number of hydrogen-bond donors (Lipinski definition) is 1. The number of aromatic nitrogens is 3. The van der Waals surface area contributed by atoms with Crippen molar-refractivity contribution in [2.75, 3.05) is 0 Å². The lowest BCUT2D eigenvalue weighted by Gasteiger charge is -2.12. The Morgan fingerprint density at radius 1 is 1.39 bits per heavy atom. The van der Waals surface area contributed by atoms with Gasteiger partial charge in [-0.2, -0.15) is 5.10 Å². The molecule has 2 heterocycles. The number of hydrogen-bond acceptors (Lipinski definition) is 4. The molecule has 2 aromatic heterocycles. The van der Waals surface area contributed by atoms with E-state index in [9.17, 15) is 0 Å². The highest BCUT2D eigenvalue weighted by Gasteiger charge is 2.15. The summed E-state index contributed by atoms with van der Waals surface area (Å²) in [5.41, 5.74) is 7.58. The zero-order valence-electron chi connectivity index (χ0n) is 11.3. The van der Waals surface area contributed by atoms with Crippen LogP contribution in [-0.4, -0.2) is 14.8 Å². The monoisotopic (exact) mass is 264 g/mol. The van der Waals surface area contributed by atoms with Crippen LogP contribution in [0.25, 0.3) is 0 Å². The first kappa shape index (κ1) is 13.2. The second kappa shape index (κ2) is 5.20. The van der Waals surface area contributed by atoms with E-state index in [0.717, 1.165) is 12.2 Å². The second-order valence-electron chi connectivity index (χ2n) is 4.91. The second-order valence-corrected chi connectivity index (χ2v) is 6.20. The van der Waals surface area contributed by atoms with E-state index in [0.29, 0.717) is 6.04 Å². The molecule has 1 atom stereocenters. The SMILES string of the molecule is Cc1cc(C(N)Cc2ncnn2C(C)C)sc1C. The quantitative estimate of drug-likeness (QED) is 0.923. The molecule has 0 bridgehead atoms. The average molecular weight is 264 g/mol. The first-order chi connectivity index (χ1) is 8.49. The van der Waals surface area contributed by atoms with Crippen molar-refractivity contribution < 1.29 is 0 Å². The molecule has 2 aromatic rings. The van der Waals surface area contributed by atoms with Crippen LogP contribution in [0.15, 0.2) is 12.4 Å².